The zero-order chi connectivity index (χ0) is 12.5. The van der Waals surface area contributed by atoms with Crippen LogP contribution in [0.1, 0.15) is 46.0 Å². The summed E-state index contributed by atoms with van der Waals surface area (Å²) in [5.74, 6) is 1.02. The Balaban J connectivity index is 2.25. The van der Waals surface area contributed by atoms with Gasteiger partial charge in [-0.3, -0.25) is 0 Å². The van der Waals surface area contributed by atoms with Crippen molar-refractivity contribution in [2.45, 2.75) is 51.6 Å². The lowest BCUT2D eigenvalue weighted by Crippen LogP contribution is -2.54. The lowest BCUT2D eigenvalue weighted by molar-refractivity contribution is -0.140. The molecule has 2 aliphatic rings. The Morgan fingerprint density at radius 3 is 2.18 bits per heavy atom. The molecule has 1 aliphatic carbocycles. The average Bonchev–Trinajstić information content (AvgIpc) is 2.28. The summed E-state index contributed by atoms with van der Waals surface area (Å²) in [5.41, 5.74) is -1.38. The monoisotopic (exact) mass is 237 g/mol. The fraction of sp³-hybridized carbons (Fsp3) is 0.929. The maximum absolute atomic E-state index is 11.0. The Hall–Kier alpha value is -0.590. The summed E-state index contributed by atoms with van der Waals surface area (Å²) in [4.78, 5) is 0. The molecule has 96 valence electrons. The molecule has 2 unspecified atom stereocenters. The first-order valence-corrected chi connectivity index (χ1v) is 6.73. The second kappa shape index (κ2) is 4.59. The highest BCUT2D eigenvalue weighted by atomic mass is 16.5. The fourth-order valence-corrected chi connectivity index (χ4v) is 3.88. The maximum Gasteiger partial charge on any atom is 0.0904 e. The van der Waals surface area contributed by atoms with E-state index in [9.17, 15) is 10.4 Å². The van der Waals surface area contributed by atoms with E-state index in [1.165, 1.54) is 6.42 Å². The zero-order valence-corrected chi connectivity index (χ0v) is 10.9. The molecule has 1 N–H and O–H groups in total. The topological polar surface area (TPSA) is 53.2 Å². The summed E-state index contributed by atoms with van der Waals surface area (Å²) in [5, 5.41) is 20.6. The van der Waals surface area contributed by atoms with Crippen LogP contribution in [0.15, 0.2) is 0 Å². The third kappa shape index (κ3) is 2.21. The van der Waals surface area contributed by atoms with E-state index in [0.29, 0.717) is 37.9 Å². The predicted octanol–water partition coefficient (Wildman–Crippen LogP) is 2.49. The van der Waals surface area contributed by atoms with Gasteiger partial charge in [0.2, 0.25) is 0 Å². The van der Waals surface area contributed by atoms with Crippen molar-refractivity contribution < 1.29 is 9.84 Å². The van der Waals surface area contributed by atoms with Crippen molar-refractivity contribution >= 4 is 0 Å². The smallest absolute Gasteiger partial charge is 0.0904 e. The van der Waals surface area contributed by atoms with Crippen molar-refractivity contribution in [2.24, 2.45) is 17.3 Å². The Bertz CT molecular complexity index is 305. The SMILES string of the molecule is CC1CC(C)CC(O)(C2(C#N)CCOCC2)C1. The van der Waals surface area contributed by atoms with Gasteiger partial charge < -0.3 is 9.84 Å². The molecule has 0 aromatic rings. The van der Waals surface area contributed by atoms with Crippen LogP contribution in [-0.4, -0.2) is 23.9 Å². The Morgan fingerprint density at radius 2 is 1.71 bits per heavy atom. The summed E-state index contributed by atoms with van der Waals surface area (Å²) in [6.07, 6.45) is 4.06. The van der Waals surface area contributed by atoms with Crippen molar-refractivity contribution in [3.63, 3.8) is 0 Å². The number of ether oxygens (including phenoxy) is 1. The van der Waals surface area contributed by atoms with E-state index in [-0.39, 0.29) is 0 Å². The Labute approximate surface area is 104 Å². The van der Waals surface area contributed by atoms with Gasteiger partial charge in [0.15, 0.2) is 0 Å². The van der Waals surface area contributed by atoms with Crippen LogP contribution in [0.3, 0.4) is 0 Å². The molecule has 1 heterocycles. The molecule has 0 radical (unpaired) electrons. The molecule has 1 saturated carbocycles. The normalized spacial score (nSPS) is 41.8. The third-order valence-electron chi connectivity index (χ3n) is 4.63. The number of aliphatic hydroxyl groups is 1. The van der Waals surface area contributed by atoms with Crippen molar-refractivity contribution in [1.82, 2.24) is 0 Å². The fourth-order valence-electron chi connectivity index (χ4n) is 3.88. The second-order valence-corrected chi connectivity index (χ2v) is 6.19. The Morgan fingerprint density at radius 1 is 1.18 bits per heavy atom. The van der Waals surface area contributed by atoms with Gasteiger partial charge in [0.1, 0.15) is 0 Å². The van der Waals surface area contributed by atoms with Gasteiger partial charge in [0.05, 0.1) is 17.1 Å². The quantitative estimate of drug-likeness (QED) is 0.762. The van der Waals surface area contributed by atoms with E-state index >= 15 is 0 Å². The van der Waals surface area contributed by atoms with E-state index in [1.54, 1.807) is 0 Å². The minimum Gasteiger partial charge on any atom is -0.388 e. The van der Waals surface area contributed by atoms with Gasteiger partial charge in [-0.05, 0) is 43.9 Å². The van der Waals surface area contributed by atoms with Crippen molar-refractivity contribution in [1.29, 1.82) is 5.26 Å². The van der Waals surface area contributed by atoms with Crippen LogP contribution in [-0.2, 0) is 4.74 Å². The van der Waals surface area contributed by atoms with Gasteiger partial charge in [0.25, 0.3) is 0 Å². The molecule has 0 aromatic heterocycles. The van der Waals surface area contributed by atoms with E-state index in [4.69, 9.17) is 4.74 Å². The van der Waals surface area contributed by atoms with Gasteiger partial charge in [-0.25, -0.2) is 0 Å². The lowest BCUT2D eigenvalue weighted by Gasteiger charge is -2.50. The van der Waals surface area contributed by atoms with Crippen LogP contribution in [0.25, 0.3) is 0 Å². The molecular weight excluding hydrogens is 214 g/mol. The zero-order valence-electron chi connectivity index (χ0n) is 10.9. The molecule has 0 bridgehead atoms. The molecule has 0 amide bonds. The molecular formula is C14H23NO2. The van der Waals surface area contributed by atoms with E-state index < -0.39 is 11.0 Å². The van der Waals surface area contributed by atoms with Crippen LogP contribution >= 0.6 is 0 Å². The standard InChI is InChI=1S/C14H23NO2/c1-11-7-12(2)9-14(16,8-11)13(10-15)3-5-17-6-4-13/h11-12,16H,3-9H2,1-2H3. The minimum absolute atomic E-state index is 0.511. The van der Waals surface area contributed by atoms with Crippen LogP contribution in [0.5, 0.6) is 0 Å². The molecule has 2 rings (SSSR count). The van der Waals surface area contributed by atoms with Crippen molar-refractivity contribution in [2.75, 3.05) is 13.2 Å². The summed E-state index contributed by atoms with van der Waals surface area (Å²) in [7, 11) is 0. The van der Waals surface area contributed by atoms with Crippen molar-refractivity contribution in [3.8, 4) is 6.07 Å². The first-order valence-electron chi connectivity index (χ1n) is 6.73. The van der Waals surface area contributed by atoms with Gasteiger partial charge in [0, 0.05) is 13.2 Å². The summed E-state index contributed by atoms with van der Waals surface area (Å²) in [6.45, 7) is 5.59. The van der Waals surface area contributed by atoms with Gasteiger partial charge in [-0.1, -0.05) is 13.8 Å². The van der Waals surface area contributed by atoms with E-state index in [2.05, 4.69) is 19.9 Å². The molecule has 17 heavy (non-hydrogen) atoms. The van der Waals surface area contributed by atoms with Gasteiger partial charge in [-0.2, -0.15) is 5.26 Å². The molecule has 1 aliphatic heterocycles. The van der Waals surface area contributed by atoms with Crippen LogP contribution in [0.2, 0.25) is 0 Å². The molecule has 3 nitrogen and oxygen atoms in total. The highest BCUT2D eigenvalue weighted by Gasteiger charge is 2.53. The molecule has 2 fully saturated rings. The second-order valence-electron chi connectivity index (χ2n) is 6.19. The molecule has 3 heteroatoms. The maximum atomic E-state index is 11.0. The first kappa shape index (κ1) is 12.9. The number of hydrogen-bond acceptors (Lipinski definition) is 3. The van der Waals surface area contributed by atoms with E-state index in [1.807, 2.05) is 0 Å². The highest BCUT2D eigenvalue weighted by Crippen LogP contribution is 2.50. The van der Waals surface area contributed by atoms with E-state index in [0.717, 1.165) is 12.8 Å². The molecule has 1 saturated heterocycles. The van der Waals surface area contributed by atoms with Crippen molar-refractivity contribution in [3.05, 3.63) is 0 Å². The summed E-state index contributed by atoms with van der Waals surface area (Å²) < 4.78 is 5.35. The Kier molecular flexibility index (Phi) is 3.47. The number of nitriles is 1. The highest BCUT2D eigenvalue weighted by molar-refractivity contribution is 5.14. The first-order chi connectivity index (χ1) is 8.01. The lowest BCUT2D eigenvalue weighted by atomic mass is 9.58. The largest absolute Gasteiger partial charge is 0.388 e. The summed E-state index contributed by atoms with van der Waals surface area (Å²) in [6, 6.07) is 2.44. The number of rotatable bonds is 1. The molecule has 2 atom stereocenters. The van der Waals surface area contributed by atoms with Gasteiger partial charge >= 0.3 is 0 Å². The minimum atomic E-state index is -0.803. The molecule has 0 spiro atoms. The number of hydrogen-bond donors (Lipinski definition) is 1. The van der Waals surface area contributed by atoms with Crippen LogP contribution in [0.4, 0.5) is 0 Å². The average molecular weight is 237 g/mol. The van der Waals surface area contributed by atoms with Gasteiger partial charge in [-0.15, -0.1) is 0 Å². The summed E-state index contributed by atoms with van der Waals surface area (Å²) >= 11 is 0. The molecule has 0 aromatic carbocycles. The van der Waals surface area contributed by atoms with Crippen LogP contribution < -0.4 is 0 Å². The number of nitrogens with zero attached hydrogens (tertiary/aromatic N) is 1. The predicted molar refractivity (Wildman–Crippen MR) is 65.2 cm³/mol. The van der Waals surface area contributed by atoms with Crippen LogP contribution in [0, 0.1) is 28.6 Å². The third-order valence-corrected chi connectivity index (χ3v) is 4.63.